The highest BCUT2D eigenvalue weighted by Gasteiger charge is 2.31. The lowest BCUT2D eigenvalue weighted by Crippen LogP contribution is -2.50. The van der Waals surface area contributed by atoms with E-state index in [0.29, 0.717) is 19.3 Å². The molecule has 250 valence electrons. The molecule has 0 aliphatic carbocycles. The van der Waals surface area contributed by atoms with Crippen molar-refractivity contribution in [3.8, 4) is 0 Å². The van der Waals surface area contributed by atoms with Gasteiger partial charge in [-0.2, -0.15) is 0 Å². The summed E-state index contributed by atoms with van der Waals surface area (Å²) in [5.41, 5.74) is 0. The number of likely N-dealkylation sites (N-methyl/N-ethyl adjacent to an activating group) is 1. The van der Waals surface area contributed by atoms with Gasteiger partial charge < -0.3 is 23.8 Å². The van der Waals surface area contributed by atoms with E-state index in [9.17, 15) is 19.5 Å². The number of carbonyl (C=O) groups excluding carboxylic acids is 2. The molecule has 0 aromatic rings. The molecule has 0 bridgehead atoms. The second kappa shape index (κ2) is 27.4. The zero-order chi connectivity index (χ0) is 32.2. The van der Waals surface area contributed by atoms with Gasteiger partial charge in [-0.05, 0) is 32.1 Å². The van der Waals surface area contributed by atoms with Crippen LogP contribution in [0.4, 0.5) is 0 Å². The van der Waals surface area contributed by atoms with Crippen molar-refractivity contribution in [2.45, 2.75) is 142 Å². The topological polar surface area (TPSA) is 99.1 Å². The van der Waals surface area contributed by atoms with Gasteiger partial charge in [0.2, 0.25) is 0 Å². The Morgan fingerprint density at radius 1 is 0.698 bits per heavy atom. The van der Waals surface area contributed by atoms with Crippen molar-refractivity contribution in [2.75, 3.05) is 41.0 Å². The van der Waals surface area contributed by atoms with Crippen LogP contribution in [0.3, 0.4) is 0 Å². The summed E-state index contributed by atoms with van der Waals surface area (Å²) >= 11 is 0. The summed E-state index contributed by atoms with van der Waals surface area (Å²) in [5, 5.41) is 9.53. The third-order valence-corrected chi connectivity index (χ3v) is 7.38. The molecule has 0 aliphatic heterocycles. The molecule has 0 radical (unpaired) electrons. The third kappa shape index (κ3) is 26.0. The van der Waals surface area contributed by atoms with E-state index in [1.807, 2.05) is 21.1 Å². The smallest absolute Gasteiger partial charge is 0.362 e. The summed E-state index contributed by atoms with van der Waals surface area (Å²) in [7, 11) is 5.49. The number of ether oxygens (including phenoxy) is 3. The molecule has 43 heavy (non-hydrogen) atoms. The highest BCUT2D eigenvalue weighted by Crippen LogP contribution is 2.12. The fourth-order valence-corrected chi connectivity index (χ4v) is 4.65. The zero-order valence-electron chi connectivity index (χ0n) is 28.2. The van der Waals surface area contributed by atoms with Crippen LogP contribution in [-0.4, -0.2) is 80.6 Å². The number of aliphatic carboxylic acids is 1. The highest BCUT2D eigenvalue weighted by molar-refractivity contribution is 5.72. The second-order valence-electron chi connectivity index (χ2n) is 12.5. The summed E-state index contributed by atoms with van der Waals surface area (Å²) in [6, 6.07) is -0.612. The third-order valence-electron chi connectivity index (χ3n) is 7.38. The molecule has 0 aromatic carbocycles. The van der Waals surface area contributed by atoms with Gasteiger partial charge in [0, 0.05) is 19.3 Å². The fraction of sp³-hybridized carbons (Fsp3) is 0.800. The number of hydrogen-bond acceptors (Lipinski definition) is 6. The number of rotatable bonds is 29. The standard InChI is InChI=1S/C35H63NO7/c1-6-8-10-12-14-16-17-18-20-21-23-25-33(37)42-30-31(29-41-28-27-32(35(39)40)36(3,4)5)43-34(38)26-24-22-19-15-13-11-9-7-2/h12,14,16-17,31-32H,6-11,13,15,18-30H2,1-5H3/p+1/b14-12+,17-16+. The van der Waals surface area contributed by atoms with Crippen LogP contribution >= 0.6 is 0 Å². The highest BCUT2D eigenvalue weighted by atomic mass is 16.6. The Hall–Kier alpha value is -2.19. The number of nitrogens with zero attached hydrogens (tertiary/aromatic N) is 1. The minimum absolute atomic E-state index is 0.0547. The summed E-state index contributed by atoms with van der Waals surface area (Å²) in [5.74, 6) is -1.51. The largest absolute Gasteiger partial charge is 0.477 e. The van der Waals surface area contributed by atoms with Crippen LogP contribution in [0.5, 0.6) is 0 Å². The molecule has 0 aromatic heterocycles. The summed E-state index contributed by atoms with van der Waals surface area (Å²) in [4.78, 5) is 36.5. The molecule has 0 rings (SSSR count). The summed E-state index contributed by atoms with van der Waals surface area (Å²) in [6.45, 7) is 4.59. The number of esters is 2. The lowest BCUT2D eigenvalue weighted by molar-refractivity contribution is -0.887. The van der Waals surface area contributed by atoms with E-state index in [4.69, 9.17) is 14.2 Å². The van der Waals surface area contributed by atoms with Gasteiger partial charge in [-0.15, -0.1) is 0 Å². The van der Waals surface area contributed by atoms with Crippen LogP contribution in [0.25, 0.3) is 0 Å². The first kappa shape index (κ1) is 40.8. The Balaban J connectivity index is 4.52. The van der Waals surface area contributed by atoms with Crippen molar-refractivity contribution < 1.29 is 38.2 Å². The monoisotopic (exact) mass is 610 g/mol. The van der Waals surface area contributed by atoms with Gasteiger partial charge >= 0.3 is 17.9 Å². The summed E-state index contributed by atoms with van der Waals surface area (Å²) < 4.78 is 17.1. The van der Waals surface area contributed by atoms with E-state index in [0.717, 1.165) is 51.4 Å². The van der Waals surface area contributed by atoms with Gasteiger partial charge in [0.1, 0.15) is 6.61 Å². The van der Waals surface area contributed by atoms with Crippen LogP contribution in [0, 0.1) is 0 Å². The molecule has 0 aliphatic rings. The van der Waals surface area contributed by atoms with E-state index >= 15 is 0 Å². The number of carboxylic acids is 1. The van der Waals surface area contributed by atoms with Crippen molar-refractivity contribution in [3.05, 3.63) is 24.3 Å². The SMILES string of the molecule is CCCC/C=C/C=C/CCCCCC(=O)OCC(COCCC(C(=O)O)[N+](C)(C)C)OC(=O)CCCCCCCCCC. The Morgan fingerprint density at radius 3 is 1.81 bits per heavy atom. The Morgan fingerprint density at radius 2 is 1.23 bits per heavy atom. The molecule has 0 saturated heterocycles. The molecule has 0 fully saturated rings. The van der Waals surface area contributed by atoms with E-state index in [-0.39, 0.29) is 36.2 Å². The van der Waals surface area contributed by atoms with Gasteiger partial charge in [0.05, 0.1) is 34.4 Å². The summed E-state index contributed by atoms with van der Waals surface area (Å²) in [6.07, 6.45) is 25.1. The van der Waals surface area contributed by atoms with E-state index in [1.165, 1.54) is 44.9 Å². The molecule has 8 heteroatoms. The molecule has 0 saturated carbocycles. The molecular weight excluding hydrogens is 546 g/mol. The van der Waals surface area contributed by atoms with Crippen LogP contribution in [0.15, 0.2) is 24.3 Å². The number of quaternary nitrogens is 1. The Kier molecular flexibility index (Phi) is 26.0. The van der Waals surface area contributed by atoms with Crippen molar-refractivity contribution in [3.63, 3.8) is 0 Å². The first-order valence-corrected chi connectivity index (χ1v) is 16.9. The number of allylic oxidation sites excluding steroid dienone is 4. The normalized spacial score (nSPS) is 13.4. The average Bonchev–Trinajstić information content (AvgIpc) is 2.94. The first-order chi connectivity index (χ1) is 20.6. The van der Waals surface area contributed by atoms with Crippen molar-refractivity contribution in [1.82, 2.24) is 0 Å². The van der Waals surface area contributed by atoms with Crippen LogP contribution < -0.4 is 0 Å². The fourth-order valence-electron chi connectivity index (χ4n) is 4.65. The van der Waals surface area contributed by atoms with Crippen molar-refractivity contribution in [2.24, 2.45) is 0 Å². The molecule has 0 amide bonds. The quantitative estimate of drug-likeness (QED) is 0.0399. The zero-order valence-corrected chi connectivity index (χ0v) is 28.2. The van der Waals surface area contributed by atoms with E-state index in [2.05, 4.69) is 38.2 Å². The second-order valence-corrected chi connectivity index (χ2v) is 12.5. The van der Waals surface area contributed by atoms with E-state index in [1.54, 1.807) is 0 Å². The van der Waals surface area contributed by atoms with Gasteiger partial charge in [0.15, 0.2) is 12.1 Å². The van der Waals surface area contributed by atoms with Gasteiger partial charge in [-0.1, -0.05) is 102 Å². The Bertz CT molecular complexity index is 773. The minimum atomic E-state index is -0.881. The van der Waals surface area contributed by atoms with Crippen molar-refractivity contribution >= 4 is 17.9 Å². The molecule has 2 unspecified atom stereocenters. The van der Waals surface area contributed by atoms with Gasteiger partial charge in [-0.3, -0.25) is 9.59 Å². The number of unbranched alkanes of at least 4 members (excludes halogenated alkanes) is 12. The molecule has 1 N–H and O–H groups in total. The lowest BCUT2D eigenvalue weighted by atomic mass is 10.1. The van der Waals surface area contributed by atoms with Crippen molar-refractivity contribution in [1.29, 1.82) is 0 Å². The molecular formula is C35H64NO7+. The average molecular weight is 611 g/mol. The maximum absolute atomic E-state index is 12.5. The number of hydrogen-bond donors (Lipinski definition) is 1. The van der Waals surface area contributed by atoms with Crippen LogP contribution in [-0.2, 0) is 28.6 Å². The van der Waals surface area contributed by atoms with Gasteiger partial charge in [-0.25, -0.2) is 4.79 Å². The Labute approximate surface area is 262 Å². The molecule has 8 nitrogen and oxygen atoms in total. The predicted octanol–water partition coefficient (Wildman–Crippen LogP) is 7.79. The first-order valence-electron chi connectivity index (χ1n) is 16.9. The van der Waals surface area contributed by atoms with Crippen LogP contribution in [0.1, 0.15) is 129 Å². The number of carboxylic acid groups (broad SMARTS) is 1. The molecule has 0 heterocycles. The minimum Gasteiger partial charge on any atom is -0.477 e. The number of carbonyl (C=O) groups is 3. The van der Waals surface area contributed by atoms with Gasteiger partial charge in [0.25, 0.3) is 0 Å². The van der Waals surface area contributed by atoms with E-state index < -0.39 is 18.1 Å². The molecule has 0 spiro atoms. The molecule has 2 atom stereocenters. The maximum Gasteiger partial charge on any atom is 0.362 e. The predicted molar refractivity (Wildman–Crippen MR) is 174 cm³/mol. The van der Waals surface area contributed by atoms with Crippen LogP contribution in [0.2, 0.25) is 0 Å². The maximum atomic E-state index is 12.5. The lowest BCUT2D eigenvalue weighted by Gasteiger charge is -2.31.